The van der Waals surface area contributed by atoms with Gasteiger partial charge in [0.1, 0.15) is 11.7 Å². The van der Waals surface area contributed by atoms with E-state index in [-0.39, 0.29) is 67.2 Å². The van der Waals surface area contributed by atoms with Gasteiger partial charge in [-0.1, -0.05) is 115 Å². The molecule has 0 unspecified atom stereocenters. The van der Waals surface area contributed by atoms with Gasteiger partial charge < -0.3 is 10.2 Å². The minimum atomic E-state index is -1.01. The van der Waals surface area contributed by atoms with Gasteiger partial charge in [0.25, 0.3) is 0 Å². The Morgan fingerprint density at radius 1 is 0.857 bits per heavy atom. The van der Waals surface area contributed by atoms with Crippen LogP contribution in [0.4, 0.5) is 0 Å². The summed E-state index contributed by atoms with van der Waals surface area (Å²) in [5.41, 5.74) is 2.26. The van der Waals surface area contributed by atoms with Crippen molar-refractivity contribution < 1.29 is 28.8 Å². The molecule has 5 atom stereocenters. The molecule has 56 heavy (non-hydrogen) atoms. The predicted molar refractivity (Wildman–Crippen MR) is 214 cm³/mol. The van der Waals surface area contributed by atoms with Gasteiger partial charge >= 0.3 is 0 Å². The summed E-state index contributed by atoms with van der Waals surface area (Å²) in [5, 5.41) is 3.09. The molecule has 1 aromatic heterocycles. The fraction of sp³-hybridized carbons (Fsp3) is 0.522. The van der Waals surface area contributed by atoms with Crippen molar-refractivity contribution in [3.63, 3.8) is 0 Å². The molecule has 0 radical (unpaired) electrons. The van der Waals surface area contributed by atoms with E-state index >= 15 is 0 Å². The zero-order chi connectivity index (χ0) is 40.4. The summed E-state index contributed by atoms with van der Waals surface area (Å²) < 4.78 is 0. The highest BCUT2D eigenvalue weighted by Gasteiger charge is 2.44. The average Bonchev–Trinajstić information content (AvgIpc) is 3.21. The number of fused-ring (bicyclic) bond motifs is 1. The average molecular weight is 763 g/mol. The van der Waals surface area contributed by atoms with Crippen molar-refractivity contribution in [3.05, 3.63) is 95.6 Å². The first-order valence-corrected chi connectivity index (χ1v) is 20.4. The summed E-state index contributed by atoms with van der Waals surface area (Å²) in [6, 6.07) is 15.4. The van der Waals surface area contributed by atoms with E-state index < -0.39 is 46.8 Å². The van der Waals surface area contributed by atoms with Crippen LogP contribution in [0.5, 0.6) is 0 Å². The summed E-state index contributed by atoms with van der Waals surface area (Å²) >= 11 is 0. The van der Waals surface area contributed by atoms with Crippen LogP contribution in [0.1, 0.15) is 132 Å². The molecule has 1 aliphatic carbocycles. The van der Waals surface area contributed by atoms with E-state index in [2.05, 4.69) is 15.3 Å². The number of rotatable bonds is 17. The Bertz CT molecular complexity index is 1850. The van der Waals surface area contributed by atoms with Crippen molar-refractivity contribution in [1.82, 2.24) is 20.2 Å². The lowest BCUT2D eigenvalue weighted by Crippen LogP contribution is -2.60. The quantitative estimate of drug-likeness (QED) is 0.110. The second-order valence-corrected chi connectivity index (χ2v) is 16.9. The fourth-order valence-corrected chi connectivity index (χ4v) is 8.42. The third kappa shape index (κ3) is 10.7. The number of benzene rings is 2. The molecule has 1 N–H and O–H groups in total. The van der Waals surface area contributed by atoms with Crippen LogP contribution in [0, 0.1) is 23.2 Å². The predicted octanol–water partition coefficient (Wildman–Crippen LogP) is 7.44. The first-order chi connectivity index (χ1) is 26.8. The van der Waals surface area contributed by atoms with Crippen molar-refractivity contribution in [2.45, 2.75) is 130 Å². The normalized spacial score (nSPS) is 18.2. The molecule has 5 rings (SSSR count). The fourth-order valence-electron chi connectivity index (χ4n) is 8.42. The van der Waals surface area contributed by atoms with E-state index in [1.807, 2.05) is 89.2 Å². The zero-order valence-corrected chi connectivity index (χ0v) is 33.7. The van der Waals surface area contributed by atoms with E-state index in [1.165, 1.54) is 18.6 Å². The number of nitrogens with zero attached hydrogens (tertiary/aromatic N) is 3. The van der Waals surface area contributed by atoms with Gasteiger partial charge in [0.15, 0.2) is 17.3 Å². The lowest BCUT2D eigenvalue weighted by atomic mass is 9.76. The van der Waals surface area contributed by atoms with Crippen LogP contribution in [0.3, 0.4) is 0 Å². The maximum atomic E-state index is 14.9. The number of hydrogen-bond acceptors (Lipinski definition) is 8. The maximum Gasteiger partial charge on any atom is 0.246 e. The lowest BCUT2D eigenvalue weighted by molar-refractivity contribution is -0.148. The van der Waals surface area contributed by atoms with Crippen molar-refractivity contribution in [1.29, 1.82) is 0 Å². The third-order valence-electron chi connectivity index (χ3n) is 11.7. The van der Waals surface area contributed by atoms with E-state index in [0.29, 0.717) is 12.8 Å². The molecule has 298 valence electrons. The Hall–Kier alpha value is -4.86. The number of amides is 2. The van der Waals surface area contributed by atoms with E-state index in [4.69, 9.17) is 0 Å². The minimum Gasteiger partial charge on any atom is -0.344 e. The molecule has 0 bridgehead atoms. The number of aromatic nitrogens is 2. The van der Waals surface area contributed by atoms with Gasteiger partial charge in [0.05, 0.1) is 12.2 Å². The molecule has 3 aromatic rings. The number of carbonyl (C=O) groups is 6. The van der Waals surface area contributed by atoms with Crippen LogP contribution in [0.25, 0.3) is 0 Å². The van der Waals surface area contributed by atoms with Crippen LogP contribution in [0.2, 0.25) is 0 Å². The molecule has 10 heteroatoms. The van der Waals surface area contributed by atoms with Gasteiger partial charge in [-0.15, -0.1) is 0 Å². The van der Waals surface area contributed by atoms with Crippen molar-refractivity contribution >= 4 is 34.9 Å². The molecule has 2 amide bonds. The first-order valence-electron chi connectivity index (χ1n) is 20.4. The standard InChI is InChI=1S/C46H58N4O6/c1-6-15-34(42(54)41(53)24-30(2)31-16-9-7-10-17-31)26-40(52)38-25-33-20-13-14-21-35(33)29-50(38)45(56)43(46(3,4)5)49-44(55)36(32-18-11-8-12-19-32)27-39(51)37-28-47-22-23-48-37/h7,9-10,13-14,16-17,20-23,28,30,32,34,36,38,43H,6,8,11-12,15,18-19,24-27,29H2,1-5H3,(H,49,55)/t30-,34-,36+,38+,43-/m1/s1. The largest absolute Gasteiger partial charge is 0.344 e. The summed E-state index contributed by atoms with van der Waals surface area (Å²) in [6.07, 6.45) is 10.1. The van der Waals surface area contributed by atoms with Crippen LogP contribution in [0.15, 0.2) is 73.2 Å². The van der Waals surface area contributed by atoms with Gasteiger partial charge in [-0.25, -0.2) is 4.98 Å². The molecular formula is C46H58N4O6. The smallest absolute Gasteiger partial charge is 0.246 e. The Kier molecular flexibility index (Phi) is 14.6. The van der Waals surface area contributed by atoms with Crippen LogP contribution in [-0.4, -0.2) is 61.9 Å². The first kappa shape index (κ1) is 42.3. The number of carbonyl (C=O) groups excluding carboxylic acids is 6. The summed E-state index contributed by atoms with van der Waals surface area (Å²) in [6.45, 7) is 9.63. The monoisotopic (exact) mass is 762 g/mol. The highest BCUT2D eigenvalue weighted by atomic mass is 16.2. The Morgan fingerprint density at radius 2 is 1.54 bits per heavy atom. The summed E-state index contributed by atoms with van der Waals surface area (Å²) in [7, 11) is 0. The molecule has 2 aromatic carbocycles. The number of nitrogens with one attached hydrogen (secondary N) is 1. The molecule has 1 saturated carbocycles. The molecular weight excluding hydrogens is 705 g/mol. The van der Waals surface area contributed by atoms with Crippen LogP contribution < -0.4 is 5.32 Å². The van der Waals surface area contributed by atoms with Crippen molar-refractivity contribution in [2.24, 2.45) is 23.2 Å². The van der Waals surface area contributed by atoms with Crippen LogP contribution in [-0.2, 0) is 36.9 Å². The summed E-state index contributed by atoms with van der Waals surface area (Å²) in [5.74, 6) is -3.97. The van der Waals surface area contributed by atoms with Gasteiger partial charge in [0.2, 0.25) is 17.6 Å². The highest BCUT2D eigenvalue weighted by Crippen LogP contribution is 2.35. The maximum absolute atomic E-state index is 14.9. The molecule has 0 spiro atoms. The second-order valence-electron chi connectivity index (χ2n) is 16.9. The highest BCUT2D eigenvalue weighted by molar-refractivity contribution is 6.38. The topological polar surface area (TPSA) is 143 Å². The van der Waals surface area contributed by atoms with Crippen molar-refractivity contribution in [2.75, 3.05) is 0 Å². The Morgan fingerprint density at radius 3 is 2.18 bits per heavy atom. The van der Waals surface area contributed by atoms with Gasteiger partial charge in [-0.3, -0.25) is 33.8 Å². The minimum absolute atomic E-state index is 0.0253. The third-order valence-corrected chi connectivity index (χ3v) is 11.7. The van der Waals surface area contributed by atoms with Crippen molar-refractivity contribution in [3.8, 4) is 0 Å². The second kappa shape index (κ2) is 19.3. The number of ketones is 4. The lowest BCUT2D eigenvalue weighted by Gasteiger charge is -2.42. The van der Waals surface area contributed by atoms with E-state index in [1.54, 1.807) is 4.90 Å². The van der Waals surface area contributed by atoms with Gasteiger partial charge in [0, 0.05) is 56.5 Å². The summed E-state index contributed by atoms with van der Waals surface area (Å²) in [4.78, 5) is 94.0. The molecule has 0 saturated heterocycles. The Balaban J connectivity index is 1.39. The van der Waals surface area contributed by atoms with Gasteiger partial charge in [-0.05, 0) is 53.2 Å². The molecule has 2 aliphatic rings. The molecule has 1 fully saturated rings. The molecule has 2 heterocycles. The van der Waals surface area contributed by atoms with Crippen LogP contribution >= 0.6 is 0 Å². The zero-order valence-electron chi connectivity index (χ0n) is 33.7. The Labute approximate surface area is 331 Å². The van der Waals surface area contributed by atoms with E-state index in [0.717, 1.165) is 48.8 Å². The number of hydrogen-bond donors (Lipinski definition) is 1. The molecule has 1 aliphatic heterocycles. The SMILES string of the molecule is CCC[C@H](CC(=O)[C@@H]1Cc2ccccc2CN1C(=O)[C@@H](NC(=O)[C@@H](CC(=O)c1cnccn1)C1CCCCC1)C(C)(C)C)C(=O)C(=O)C[C@@H](C)c1ccccc1. The number of Topliss-reactive ketones (excluding diaryl/α,β-unsaturated/α-hetero) is 4. The van der Waals surface area contributed by atoms with Gasteiger partial charge in [-0.2, -0.15) is 0 Å². The van der Waals surface area contributed by atoms with E-state index in [9.17, 15) is 28.8 Å². The molecule has 10 nitrogen and oxygen atoms in total.